The van der Waals surface area contributed by atoms with E-state index in [9.17, 15) is 13.2 Å². The van der Waals surface area contributed by atoms with Gasteiger partial charge in [-0.25, -0.2) is 8.42 Å². The molecule has 1 unspecified atom stereocenters. The van der Waals surface area contributed by atoms with Crippen LogP contribution in [-0.4, -0.2) is 55.4 Å². The summed E-state index contributed by atoms with van der Waals surface area (Å²) in [5.41, 5.74) is 0. The molecule has 1 atom stereocenters. The Balaban J connectivity index is 2.82. The molecule has 1 N–H and O–H groups in total. The van der Waals surface area contributed by atoms with Gasteiger partial charge in [0.25, 0.3) is 0 Å². The highest BCUT2D eigenvalue weighted by Gasteiger charge is 2.33. The van der Waals surface area contributed by atoms with Gasteiger partial charge in [-0.3, -0.25) is 4.79 Å². The summed E-state index contributed by atoms with van der Waals surface area (Å²) in [5, 5.41) is 17.0. The van der Waals surface area contributed by atoms with Crippen molar-refractivity contribution >= 4 is 16.0 Å². The Hall–Kier alpha value is -1.17. The minimum atomic E-state index is -3.70. The molecular formula is C8H12N2O5S. The number of hydrogen-bond donors (Lipinski definition) is 1. The molecule has 0 radical (unpaired) electrons. The molecule has 0 aromatic rings. The first-order valence-electron chi connectivity index (χ1n) is 4.63. The topological polar surface area (TPSA) is 108 Å². The van der Waals surface area contributed by atoms with Crippen molar-refractivity contribution in [2.24, 2.45) is 0 Å². The molecule has 7 nitrogen and oxygen atoms in total. The Kier molecular flexibility index (Phi) is 4.23. The van der Waals surface area contributed by atoms with E-state index in [-0.39, 0.29) is 26.2 Å². The standard InChI is InChI=1S/C8H12N2O5S/c9-1-4-16(13,14)10-2-3-15-6-7(10)5-8(11)12/h7H,2-6H2,(H,11,12). The van der Waals surface area contributed by atoms with Gasteiger partial charge in [0.2, 0.25) is 10.0 Å². The molecule has 0 amide bonds. The SMILES string of the molecule is N#CCS(=O)(=O)N1CCOCC1CC(=O)O. The predicted octanol–water partition coefficient (Wildman–Crippen LogP) is -0.985. The van der Waals surface area contributed by atoms with Crippen molar-refractivity contribution in [3.05, 3.63) is 0 Å². The van der Waals surface area contributed by atoms with Crippen molar-refractivity contribution in [2.45, 2.75) is 12.5 Å². The zero-order valence-electron chi connectivity index (χ0n) is 8.50. The summed E-state index contributed by atoms with van der Waals surface area (Å²) < 4.78 is 29.3. The lowest BCUT2D eigenvalue weighted by Gasteiger charge is -2.32. The number of nitriles is 1. The number of carboxylic acid groups (broad SMARTS) is 1. The average Bonchev–Trinajstić information content (AvgIpc) is 2.17. The summed E-state index contributed by atoms with van der Waals surface area (Å²) in [6.07, 6.45) is -0.315. The summed E-state index contributed by atoms with van der Waals surface area (Å²) in [4.78, 5) is 10.6. The van der Waals surface area contributed by atoms with Crippen molar-refractivity contribution in [1.29, 1.82) is 5.26 Å². The molecular weight excluding hydrogens is 236 g/mol. The van der Waals surface area contributed by atoms with Crippen LogP contribution in [0.3, 0.4) is 0 Å². The number of rotatable bonds is 4. The fourth-order valence-electron chi connectivity index (χ4n) is 1.53. The highest BCUT2D eigenvalue weighted by Crippen LogP contribution is 2.15. The summed E-state index contributed by atoms with van der Waals surface area (Å²) >= 11 is 0. The number of ether oxygens (including phenoxy) is 1. The fourth-order valence-corrected chi connectivity index (χ4v) is 2.80. The van der Waals surface area contributed by atoms with Crippen LogP contribution in [0, 0.1) is 11.3 Å². The van der Waals surface area contributed by atoms with Crippen molar-refractivity contribution < 1.29 is 23.1 Å². The van der Waals surface area contributed by atoms with Gasteiger partial charge in [0, 0.05) is 6.54 Å². The maximum atomic E-state index is 11.6. The minimum Gasteiger partial charge on any atom is -0.481 e. The van der Waals surface area contributed by atoms with E-state index < -0.39 is 27.8 Å². The molecule has 1 aliphatic heterocycles. The van der Waals surface area contributed by atoms with E-state index in [1.807, 2.05) is 0 Å². The van der Waals surface area contributed by atoms with Crippen LogP contribution < -0.4 is 0 Å². The lowest BCUT2D eigenvalue weighted by molar-refractivity contribution is -0.139. The third-order valence-corrected chi connectivity index (χ3v) is 3.88. The van der Waals surface area contributed by atoms with Crippen LogP contribution >= 0.6 is 0 Å². The van der Waals surface area contributed by atoms with Gasteiger partial charge in [0.1, 0.15) is 0 Å². The summed E-state index contributed by atoms with van der Waals surface area (Å²) in [7, 11) is -3.70. The first kappa shape index (κ1) is 12.9. The second kappa shape index (κ2) is 5.25. The average molecular weight is 248 g/mol. The summed E-state index contributed by atoms with van der Waals surface area (Å²) in [6.45, 7) is 0.375. The van der Waals surface area contributed by atoms with E-state index >= 15 is 0 Å². The Morgan fingerprint density at radius 3 is 2.88 bits per heavy atom. The normalized spacial score (nSPS) is 22.6. The second-order valence-corrected chi connectivity index (χ2v) is 5.27. The summed E-state index contributed by atoms with van der Waals surface area (Å²) in [6, 6.07) is 0.843. The lowest BCUT2D eigenvalue weighted by Crippen LogP contribution is -2.50. The monoisotopic (exact) mass is 248 g/mol. The van der Waals surface area contributed by atoms with Crippen LogP contribution in [0.4, 0.5) is 0 Å². The smallest absolute Gasteiger partial charge is 0.305 e. The first-order valence-corrected chi connectivity index (χ1v) is 6.24. The van der Waals surface area contributed by atoms with E-state index in [0.29, 0.717) is 0 Å². The highest BCUT2D eigenvalue weighted by atomic mass is 32.2. The molecule has 16 heavy (non-hydrogen) atoms. The molecule has 1 aliphatic rings. The molecule has 0 spiro atoms. The van der Waals surface area contributed by atoms with Crippen molar-refractivity contribution in [3.63, 3.8) is 0 Å². The number of morpholine rings is 1. The number of sulfonamides is 1. The van der Waals surface area contributed by atoms with E-state index in [4.69, 9.17) is 15.1 Å². The Bertz CT molecular complexity index is 399. The molecule has 1 fully saturated rings. The predicted molar refractivity (Wildman–Crippen MR) is 53.0 cm³/mol. The molecule has 1 saturated heterocycles. The van der Waals surface area contributed by atoms with Gasteiger partial charge in [0.15, 0.2) is 5.75 Å². The first-order chi connectivity index (χ1) is 7.47. The van der Waals surface area contributed by atoms with Gasteiger partial charge in [-0.05, 0) is 0 Å². The van der Waals surface area contributed by atoms with Gasteiger partial charge in [0.05, 0.1) is 31.7 Å². The van der Waals surface area contributed by atoms with Gasteiger partial charge in [-0.1, -0.05) is 0 Å². The number of nitrogens with zero attached hydrogens (tertiary/aromatic N) is 2. The van der Waals surface area contributed by atoms with Crippen molar-refractivity contribution in [2.75, 3.05) is 25.5 Å². The lowest BCUT2D eigenvalue weighted by atomic mass is 10.2. The number of carbonyl (C=O) groups is 1. The van der Waals surface area contributed by atoms with Gasteiger partial charge in [-0.15, -0.1) is 0 Å². The number of hydrogen-bond acceptors (Lipinski definition) is 5. The number of carboxylic acids is 1. The van der Waals surface area contributed by atoms with Crippen LogP contribution in [0.15, 0.2) is 0 Å². The zero-order chi connectivity index (χ0) is 12.2. The summed E-state index contributed by atoms with van der Waals surface area (Å²) in [5.74, 6) is -1.73. The van der Waals surface area contributed by atoms with Gasteiger partial charge >= 0.3 is 5.97 Å². The van der Waals surface area contributed by atoms with E-state index in [0.717, 1.165) is 4.31 Å². The van der Waals surface area contributed by atoms with Gasteiger partial charge < -0.3 is 9.84 Å². The van der Waals surface area contributed by atoms with Crippen LogP contribution in [-0.2, 0) is 19.6 Å². The minimum absolute atomic E-state index is 0.0525. The van der Waals surface area contributed by atoms with E-state index in [1.54, 1.807) is 6.07 Å². The van der Waals surface area contributed by atoms with Gasteiger partial charge in [-0.2, -0.15) is 9.57 Å². The molecule has 90 valence electrons. The third kappa shape index (κ3) is 3.16. The zero-order valence-corrected chi connectivity index (χ0v) is 9.31. The van der Waals surface area contributed by atoms with Crippen LogP contribution in [0.25, 0.3) is 0 Å². The van der Waals surface area contributed by atoms with Crippen LogP contribution in [0.5, 0.6) is 0 Å². The van der Waals surface area contributed by atoms with E-state index in [2.05, 4.69) is 0 Å². The van der Waals surface area contributed by atoms with Crippen LogP contribution in [0.1, 0.15) is 6.42 Å². The Morgan fingerprint density at radius 2 is 2.31 bits per heavy atom. The molecule has 0 aliphatic carbocycles. The fraction of sp³-hybridized carbons (Fsp3) is 0.750. The molecule has 0 aromatic heterocycles. The maximum absolute atomic E-state index is 11.6. The molecule has 8 heteroatoms. The highest BCUT2D eigenvalue weighted by molar-refractivity contribution is 7.89. The molecule has 1 heterocycles. The Labute approximate surface area is 93.3 Å². The second-order valence-electron chi connectivity index (χ2n) is 3.35. The van der Waals surface area contributed by atoms with Crippen LogP contribution in [0.2, 0.25) is 0 Å². The number of aliphatic carboxylic acids is 1. The Morgan fingerprint density at radius 1 is 1.62 bits per heavy atom. The largest absolute Gasteiger partial charge is 0.481 e. The molecule has 1 rings (SSSR count). The maximum Gasteiger partial charge on any atom is 0.305 e. The molecule has 0 bridgehead atoms. The quantitative estimate of drug-likeness (QED) is 0.684. The van der Waals surface area contributed by atoms with Crippen molar-refractivity contribution in [1.82, 2.24) is 4.31 Å². The third-order valence-electron chi connectivity index (χ3n) is 2.19. The van der Waals surface area contributed by atoms with Crippen molar-refractivity contribution in [3.8, 4) is 6.07 Å². The van der Waals surface area contributed by atoms with E-state index in [1.165, 1.54) is 0 Å². The molecule has 0 saturated carbocycles. The molecule has 0 aromatic carbocycles.